The van der Waals surface area contributed by atoms with Crippen molar-refractivity contribution >= 4 is 18.3 Å². The zero-order chi connectivity index (χ0) is 10.9. The van der Waals surface area contributed by atoms with Gasteiger partial charge in [0.2, 0.25) is 0 Å². The molecule has 2 heterocycles. The number of rotatable bonds is 1. The number of likely N-dealkylation sites (tertiary alicyclic amines) is 1. The van der Waals surface area contributed by atoms with Gasteiger partial charge in [0.1, 0.15) is 6.10 Å². The lowest BCUT2D eigenvalue weighted by atomic mass is 9.93. The minimum atomic E-state index is -0.257. The molecule has 94 valence electrons. The van der Waals surface area contributed by atoms with Crippen LogP contribution in [0.25, 0.3) is 0 Å². The lowest BCUT2D eigenvalue weighted by molar-refractivity contribution is -0.144. The third-order valence-corrected chi connectivity index (χ3v) is 3.19. The highest BCUT2D eigenvalue weighted by molar-refractivity contribution is 5.85. The van der Waals surface area contributed by atoms with Crippen LogP contribution in [0.4, 0.5) is 0 Å². The van der Waals surface area contributed by atoms with Crippen LogP contribution in [0.2, 0.25) is 0 Å². The average Bonchev–Trinajstić information content (AvgIpc) is 2.59. The Morgan fingerprint density at radius 3 is 2.75 bits per heavy atom. The zero-order valence-corrected chi connectivity index (χ0v) is 10.8. The van der Waals surface area contributed by atoms with Gasteiger partial charge >= 0.3 is 0 Å². The van der Waals surface area contributed by atoms with E-state index >= 15 is 0 Å². The minimum Gasteiger partial charge on any atom is -0.366 e. The number of amides is 1. The van der Waals surface area contributed by atoms with E-state index in [4.69, 9.17) is 4.74 Å². The largest absolute Gasteiger partial charge is 0.366 e. The van der Waals surface area contributed by atoms with E-state index in [9.17, 15) is 4.79 Å². The number of nitrogens with zero attached hydrogens (tertiary/aromatic N) is 1. The van der Waals surface area contributed by atoms with Crippen molar-refractivity contribution in [1.29, 1.82) is 0 Å². The maximum atomic E-state index is 12.0. The van der Waals surface area contributed by atoms with E-state index in [2.05, 4.69) is 19.2 Å². The SMILES string of the molecule is CC1(C)CCN(C(=O)[C@H]2CNCCO2)C1.Cl. The summed E-state index contributed by atoms with van der Waals surface area (Å²) in [4.78, 5) is 14.0. The molecule has 2 aliphatic heterocycles. The quantitative estimate of drug-likeness (QED) is 0.741. The molecule has 0 bridgehead atoms. The fraction of sp³-hybridized carbons (Fsp3) is 0.909. The third kappa shape index (κ3) is 3.09. The lowest BCUT2D eigenvalue weighted by Crippen LogP contribution is -2.49. The molecule has 0 unspecified atom stereocenters. The summed E-state index contributed by atoms with van der Waals surface area (Å²) in [6.45, 7) is 8.33. The number of carbonyl (C=O) groups is 1. The highest BCUT2D eigenvalue weighted by Crippen LogP contribution is 2.29. The Hall–Kier alpha value is -0.320. The lowest BCUT2D eigenvalue weighted by Gasteiger charge is -2.28. The molecule has 1 N–H and O–H groups in total. The smallest absolute Gasteiger partial charge is 0.253 e. The van der Waals surface area contributed by atoms with Gasteiger partial charge in [0.25, 0.3) is 5.91 Å². The first-order valence-corrected chi connectivity index (χ1v) is 5.70. The molecule has 0 aromatic carbocycles. The standard InChI is InChI=1S/C11H20N2O2.ClH/c1-11(2)3-5-13(8-11)10(14)9-7-12-4-6-15-9;/h9,12H,3-8H2,1-2H3;1H/t9-;/m1./s1. The van der Waals surface area contributed by atoms with Crippen LogP contribution >= 0.6 is 12.4 Å². The minimum absolute atomic E-state index is 0. The number of ether oxygens (including phenoxy) is 1. The van der Waals surface area contributed by atoms with Crippen molar-refractivity contribution in [3.05, 3.63) is 0 Å². The summed E-state index contributed by atoms with van der Waals surface area (Å²) in [5, 5.41) is 3.19. The van der Waals surface area contributed by atoms with Gasteiger partial charge in [-0.3, -0.25) is 4.79 Å². The van der Waals surface area contributed by atoms with Gasteiger partial charge in [-0.15, -0.1) is 12.4 Å². The highest BCUT2D eigenvalue weighted by Gasteiger charge is 2.35. The van der Waals surface area contributed by atoms with Crippen molar-refractivity contribution in [3.63, 3.8) is 0 Å². The van der Waals surface area contributed by atoms with Crippen molar-refractivity contribution in [2.24, 2.45) is 5.41 Å². The first-order valence-electron chi connectivity index (χ1n) is 5.70. The highest BCUT2D eigenvalue weighted by atomic mass is 35.5. The molecular formula is C11H21ClN2O2. The molecule has 0 saturated carbocycles. The van der Waals surface area contributed by atoms with E-state index in [0.717, 1.165) is 26.1 Å². The van der Waals surface area contributed by atoms with E-state index in [1.807, 2.05) is 4.90 Å². The van der Waals surface area contributed by atoms with Crippen LogP contribution in [0.5, 0.6) is 0 Å². The third-order valence-electron chi connectivity index (χ3n) is 3.19. The molecule has 0 aromatic heterocycles. The van der Waals surface area contributed by atoms with Gasteiger partial charge in [-0.25, -0.2) is 0 Å². The second-order valence-corrected chi connectivity index (χ2v) is 5.24. The predicted molar refractivity (Wildman–Crippen MR) is 64.8 cm³/mol. The van der Waals surface area contributed by atoms with Crippen molar-refractivity contribution in [2.75, 3.05) is 32.8 Å². The summed E-state index contributed by atoms with van der Waals surface area (Å²) < 4.78 is 5.47. The Balaban J connectivity index is 0.00000128. The molecule has 2 rings (SSSR count). The molecule has 5 heteroatoms. The average molecular weight is 249 g/mol. The Labute approximate surface area is 103 Å². The monoisotopic (exact) mass is 248 g/mol. The topological polar surface area (TPSA) is 41.6 Å². The Bertz CT molecular complexity index is 252. The number of hydrogen-bond acceptors (Lipinski definition) is 3. The first-order chi connectivity index (χ1) is 7.08. The maximum Gasteiger partial charge on any atom is 0.253 e. The Morgan fingerprint density at radius 1 is 1.50 bits per heavy atom. The summed E-state index contributed by atoms with van der Waals surface area (Å²) in [7, 11) is 0. The molecule has 0 radical (unpaired) electrons. The van der Waals surface area contributed by atoms with Gasteiger partial charge in [0.05, 0.1) is 6.61 Å². The fourth-order valence-corrected chi connectivity index (χ4v) is 2.23. The molecule has 0 spiro atoms. The Kier molecular flexibility index (Phi) is 4.59. The van der Waals surface area contributed by atoms with Crippen molar-refractivity contribution < 1.29 is 9.53 Å². The van der Waals surface area contributed by atoms with Gasteiger partial charge in [-0.1, -0.05) is 13.8 Å². The molecule has 16 heavy (non-hydrogen) atoms. The number of nitrogens with one attached hydrogen (secondary N) is 1. The first kappa shape index (κ1) is 13.7. The summed E-state index contributed by atoms with van der Waals surface area (Å²) in [5.41, 5.74) is 0.276. The molecule has 4 nitrogen and oxygen atoms in total. The molecule has 2 fully saturated rings. The van der Waals surface area contributed by atoms with Crippen LogP contribution in [0.15, 0.2) is 0 Å². The normalized spacial score (nSPS) is 28.6. The molecule has 1 atom stereocenters. The van der Waals surface area contributed by atoms with Gasteiger partial charge in [-0.05, 0) is 11.8 Å². The molecule has 0 aromatic rings. The van der Waals surface area contributed by atoms with E-state index in [0.29, 0.717) is 13.2 Å². The number of morpholine rings is 1. The van der Waals surface area contributed by atoms with E-state index in [1.165, 1.54) is 0 Å². The molecular weight excluding hydrogens is 228 g/mol. The fourth-order valence-electron chi connectivity index (χ4n) is 2.23. The van der Waals surface area contributed by atoms with Crippen LogP contribution in [0.1, 0.15) is 20.3 Å². The summed E-state index contributed by atoms with van der Waals surface area (Å²) in [6, 6.07) is 0. The second-order valence-electron chi connectivity index (χ2n) is 5.24. The maximum absolute atomic E-state index is 12.0. The van der Waals surface area contributed by atoms with E-state index in [-0.39, 0.29) is 29.8 Å². The molecule has 2 aliphatic rings. The van der Waals surface area contributed by atoms with Crippen LogP contribution in [0.3, 0.4) is 0 Å². The van der Waals surface area contributed by atoms with Crippen molar-refractivity contribution in [1.82, 2.24) is 10.2 Å². The zero-order valence-electron chi connectivity index (χ0n) is 9.99. The second kappa shape index (κ2) is 5.34. The number of hydrogen-bond donors (Lipinski definition) is 1. The molecule has 1 amide bonds. The van der Waals surface area contributed by atoms with E-state index in [1.54, 1.807) is 0 Å². The van der Waals surface area contributed by atoms with E-state index < -0.39 is 0 Å². The van der Waals surface area contributed by atoms with Crippen LogP contribution in [-0.2, 0) is 9.53 Å². The van der Waals surface area contributed by atoms with Gasteiger partial charge in [0, 0.05) is 26.2 Å². The van der Waals surface area contributed by atoms with Gasteiger partial charge in [0.15, 0.2) is 0 Å². The van der Waals surface area contributed by atoms with Crippen LogP contribution in [0, 0.1) is 5.41 Å². The summed E-state index contributed by atoms with van der Waals surface area (Å²) >= 11 is 0. The van der Waals surface area contributed by atoms with Gasteiger partial charge in [-0.2, -0.15) is 0 Å². The van der Waals surface area contributed by atoms with Crippen molar-refractivity contribution in [2.45, 2.75) is 26.4 Å². The number of halogens is 1. The molecule has 0 aliphatic carbocycles. The predicted octanol–water partition coefficient (Wildman–Crippen LogP) is 0.655. The summed E-state index contributed by atoms with van der Waals surface area (Å²) in [5.74, 6) is 0.160. The molecule has 2 saturated heterocycles. The van der Waals surface area contributed by atoms with Gasteiger partial charge < -0.3 is 15.0 Å². The number of carbonyl (C=O) groups excluding carboxylic acids is 1. The Morgan fingerprint density at radius 2 is 2.25 bits per heavy atom. The van der Waals surface area contributed by atoms with Crippen molar-refractivity contribution in [3.8, 4) is 0 Å². The van der Waals surface area contributed by atoms with Crippen LogP contribution in [-0.4, -0.2) is 49.7 Å². The van der Waals surface area contributed by atoms with Crippen LogP contribution < -0.4 is 5.32 Å². The summed E-state index contributed by atoms with van der Waals surface area (Å²) in [6.07, 6.45) is 0.839.